The Balaban J connectivity index is 5.00. The number of carboxylic acid groups (broad SMARTS) is 1. The van der Waals surface area contributed by atoms with E-state index in [2.05, 4.69) is 20.6 Å². The van der Waals surface area contributed by atoms with Crippen LogP contribution in [0, 0.1) is 0 Å². The highest BCUT2D eigenvalue weighted by Gasteiger charge is 2.28. The molecule has 0 saturated carbocycles. The van der Waals surface area contributed by atoms with E-state index in [-0.39, 0.29) is 57.1 Å². The summed E-state index contributed by atoms with van der Waals surface area (Å²) in [5, 5.41) is 14.1. The predicted molar refractivity (Wildman–Crippen MR) is 118 cm³/mol. The van der Waals surface area contributed by atoms with Gasteiger partial charge in [0.2, 0.25) is 17.7 Å². The maximum atomic E-state index is 12.6. The first-order valence-corrected chi connectivity index (χ1v) is 9.92. The van der Waals surface area contributed by atoms with Crippen LogP contribution in [0.2, 0.25) is 0 Å². The summed E-state index contributed by atoms with van der Waals surface area (Å²) in [5.41, 5.74) is 31.8. The van der Waals surface area contributed by atoms with Crippen molar-refractivity contribution in [2.45, 2.75) is 56.7 Å². The van der Waals surface area contributed by atoms with Gasteiger partial charge in [-0.25, -0.2) is 4.79 Å². The molecule has 0 aliphatic rings. The number of aliphatic carboxylic acids is 1. The highest BCUT2D eigenvalue weighted by Crippen LogP contribution is 2.04. The van der Waals surface area contributed by atoms with Crippen molar-refractivity contribution in [2.24, 2.45) is 44.4 Å². The zero-order chi connectivity index (χ0) is 24.7. The molecule has 0 unspecified atom stereocenters. The molecule has 0 fully saturated rings. The van der Waals surface area contributed by atoms with Gasteiger partial charge in [0.15, 0.2) is 11.9 Å². The van der Waals surface area contributed by atoms with Crippen LogP contribution in [0.1, 0.15) is 38.5 Å². The summed E-state index contributed by atoms with van der Waals surface area (Å²) in [7, 11) is 0. The van der Waals surface area contributed by atoms with Gasteiger partial charge in [-0.15, -0.1) is 0 Å². The number of carbonyl (C=O) groups excluding carboxylic acids is 3. The Morgan fingerprint density at radius 3 is 1.72 bits per heavy atom. The number of nitrogens with zero attached hydrogens (tertiary/aromatic N) is 2. The third-order valence-corrected chi connectivity index (χ3v) is 4.18. The maximum absolute atomic E-state index is 12.6. The largest absolute Gasteiger partial charge is 0.480 e. The van der Waals surface area contributed by atoms with Gasteiger partial charge in [0.1, 0.15) is 12.1 Å². The zero-order valence-electron chi connectivity index (χ0n) is 17.8. The molecule has 182 valence electrons. The molecule has 15 heteroatoms. The molecule has 0 aromatic carbocycles. The van der Waals surface area contributed by atoms with Gasteiger partial charge < -0.3 is 50.1 Å². The van der Waals surface area contributed by atoms with Crippen molar-refractivity contribution in [1.82, 2.24) is 10.6 Å². The van der Waals surface area contributed by atoms with Gasteiger partial charge in [-0.2, -0.15) is 0 Å². The van der Waals surface area contributed by atoms with Gasteiger partial charge in [-0.1, -0.05) is 0 Å². The van der Waals surface area contributed by atoms with E-state index in [1.807, 2.05) is 0 Å². The van der Waals surface area contributed by atoms with Gasteiger partial charge in [0, 0.05) is 19.5 Å². The van der Waals surface area contributed by atoms with E-state index in [4.69, 9.17) is 34.4 Å². The summed E-state index contributed by atoms with van der Waals surface area (Å²) in [6.07, 6.45) is 0.637. The minimum Gasteiger partial charge on any atom is -0.480 e. The third-order valence-electron chi connectivity index (χ3n) is 4.18. The van der Waals surface area contributed by atoms with E-state index < -0.39 is 41.8 Å². The first-order chi connectivity index (χ1) is 14.9. The van der Waals surface area contributed by atoms with Crippen LogP contribution in [0.4, 0.5) is 0 Å². The van der Waals surface area contributed by atoms with Crippen LogP contribution in [0.15, 0.2) is 9.98 Å². The van der Waals surface area contributed by atoms with Crippen molar-refractivity contribution in [3.05, 3.63) is 0 Å². The summed E-state index contributed by atoms with van der Waals surface area (Å²) < 4.78 is 0. The van der Waals surface area contributed by atoms with Crippen LogP contribution in [0.5, 0.6) is 0 Å². The Morgan fingerprint density at radius 1 is 0.750 bits per heavy atom. The Hall–Kier alpha value is -3.62. The number of hydrogen-bond donors (Lipinski definition) is 9. The number of amides is 3. The molecule has 0 aromatic rings. The molecule has 3 amide bonds. The third kappa shape index (κ3) is 13.6. The normalized spacial score (nSPS) is 13.2. The second-order valence-electron chi connectivity index (χ2n) is 6.97. The van der Waals surface area contributed by atoms with Crippen LogP contribution < -0.4 is 45.0 Å². The van der Waals surface area contributed by atoms with Gasteiger partial charge in [-0.05, 0) is 32.1 Å². The van der Waals surface area contributed by atoms with Crippen molar-refractivity contribution >= 4 is 35.6 Å². The van der Waals surface area contributed by atoms with E-state index in [1.165, 1.54) is 0 Å². The second-order valence-corrected chi connectivity index (χ2v) is 6.97. The minimum absolute atomic E-state index is 0.0403. The molecule has 0 saturated heterocycles. The quantitative estimate of drug-likeness (QED) is 0.0609. The molecule has 15 nitrogen and oxygen atoms in total. The smallest absolute Gasteiger partial charge is 0.326 e. The van der Waals surface area contributed by atoms with Crippen LogP contribution >= 0.6 is 0 Å². The monoisotopic (exact) mass is 458 g/mol. The SMILES string of the molecule is NC(=O)CC[C@H](NC(=O)[C@@H](N)CCCN=C(N)N)C(=O)N[C@@H](CCCN=C(N)N)C(=O)O. The van der Waals surface area contributed by atoms with Crippen molar-refractivity contribution in [3.8, 4) is 0 Å². The van der Waals surface area contributed by atoms with E-state index in [0.29, 0.717) is 6.42 Å². The molecular formula is C17H34N10O5. The summed E-state index contributed by atoms with van der Waals surface area (Å²) in [4.78, 5) is 55.1. The maximum Gasteiger partial charge on any atom is 0.326 e. The number of guanidine groups is 2. The van der Waals surface area contributed by atoms with Crippen LogP contribution in [0.3, 0.4) is 0 Å². The fourth-order valence-electron chi connectivity index (χ4n) is 2.52. The first kappa shape index (κ1) is 28.4. The summed E-state index contributed by atoms with van der Waals surface area (Å²) in [6.45, 7) is 0.452. The molecule has 0 spiro atoms. The molecule has 32 heavy (non-hydrogen) atoms. The molecule has 0 bridgehead atoms. The van der Waals surface area contributed by atoms with Crippen LogP contribution in [-0.2, 0) is 19.2 Å². The van der Waals surface area contributed by atoms with Gasteiger partial charge in [0.05, 0.1) is 6.04 Å². The minimum atomic E-state index is -1.28. The molecule has 0 rings (SSSR count). The van der Waals surface area contributed by atoms with Crippen molar-refractivity contribution in [2.75, 3.05) is 13.1 Å². The van der Waals surface area contributed by atoms with Crippen molar-refractivity contribution in [3.63, 3.8) is 0 Å². The molecule has 0 aliphatic heterocycles. The molecule has 3 atom stereocenters. The van der Waals surface area contributed by atoms with Crippen LogP contribution in [-0.4, -0.2) is 71.9 Å². The Labute approximate surface area is 185 Å². The summed E-state index contributed by atoms with van der Waals surface area (Å²) in [5.74, 6) is -3.63. The van der Waals surface area contributed by atoms with E-state index in [1.54, 1.807) is 0 Å². The van der Waals surface area contributed by atoms with Gasteiger partial charge in [0.25, 0.3) is 0 Å². The number of nitrogens with two attached hydrogens (primary N) is 6. The van der Waals surface area contributed by atoms with E-state index in [0.717, 1.165) is 0 Å². The molecular weight excluding hydrogens is 424 g/mol. The van der Waals surface area contributed by atoms with E-state index in [9.17, 15) is 24.3 Å². The highest BCUT2D eigenvalue weighted by atomic mass is 16.4. The van der Waals surface area contributed by atoms with E-state index >= 15 is 0 Å². The average Bonchev–Trinajstić information content (AvgIpc) is 2.69. The molecule has 0 radical (unpaired) electrons. The molecule has 15 N–H and O–H groups in total. The molecule has 0 aliphatic carbocycles. The fourth-order valence-corrected chi connectivity index (χ4v) is 2.52. The fraction of sp³-hybridized carbons (Fsp3) is 0.647. The Kier molecular flexibility index (Phi) is 13.5. The first-order valence-electron chi connectivity index (χ1n) is 9.92. The number of rotatable bonds is 16. The van der Waals surface area contributed by atoms with Crippen molar-refractivity contribution in [1.29, 1.82) is 0 Å². The highest BCUT2D eigenvalue weighted by molar-refractivity contribution is 5.92. The van der Waals surface area contributed by atoms with Gasteiger partial charge >= 0.3 is 5.97 Å². The Bertz CT molecular complexity index is 704. The lowest BCUT2D eigenvalue weighted by molar-refractivity contribution is -0.142. The summed E-state index contributed by atoms with van der Waals surface area (Å²) in [6, 6.07) is -3.43. The number of aliphatic imine (C=N–C) groups is 2. The number of nitrogens with one attached hydrogen (secondary N) is 2. The predicted octanol–water partition coefficient (Wildman–Crippen LogP) is -4.26. The summed E-state index contributed by atoms with van der Waals surface area (Å²) >= 11 is 0. The Morgan fingerprint density at radius 2 is 1.25 bits per heavy atom. The lowest BCUT2D eigenvalue weighted by Gasteiger charge is -2.22. The number of carboxylic acids is 1. The number of primary amides is 1. The van der Waals surface area contributed by atoms with Gasteiger partial charge in [-0.3, -0.25) is 24.4 Å². The van der Waals surface area contributed by atoms with Crippen LogP contribution in [0.25, 0.3) is 0 Å². The lowest BCUT2D eigenvalue weighted by Crippen LogP contribution is -2.54. The molecule has 0 aromatic heterocycles. The lowest BCUT2D eigenvalue weighted by atomic mass is 10.1. The van der Waals surface area contributed by atoms with Crippen molar-refractivity contribution < 1.29 is 24.3 Å². The topological polar surface area (TPSA) is 293 Å². The number of carbonyl (C=O) groups is 4. The average molecular weight is 459 g/mol. The zero-order valence-corrected chi connectivity index (χ0v) is 17.8. The second kappa shape index (κ2) is 15.2. The standard InChI is InChI=1S/C17H34N10O5/c18-9(3-1-7-24-16(20)21)13(29)26-10(5-6-12(19)28)14(30)27-11(15(31)32)4-2-8-25-17(22)23/h9-11H,1-8,18H2,(H2,19,28)(H,26,29)(H,27,30)(H,31,32)(H4,20,21,24)(H4,22,23,25)/t9-,10-,11-/m0/s1. The molecule has 0 heterocycles. The number of hydrogen-bond acceptors (Lipinski definition) is 7.